The first-order valence-electron chi connectivity index (χ1n) is 8.91. The number of carbonyl (C=O) groups is 3. The molecule has 0 radical (unpaired) electrons. The normalized spacial score (nSPS) is 22.7. The van der Waals surface area contributed by atoms with Gasteiger partial charge in [-0.3, -0.25) is 14.5 Å². The van der Waals surface area contributed by atoms with Gasteiger partial charge in [0.1, 0.15) is 11.1 Å². The maximum absolute atomic E-state index is 12.9. The first-order valence-corrected chi connectivity index (χ1v) is 12.0. The van der Waals surface area contributed by atoms with Crippen molar-refractivity contribution in [2.45, 2.75) is 28.6 Å². The number of methoxy groups -OCH3 is 1. The van der Waals surface area contributed by atoms with Crippen LogP contribution in [0.5, 0.6) is 0 Å². The fourth-order valence-electron chi connectivity index (χ4n) is 3.12. The van der Waals surface area contributed by atoms with Gasteiger partial charge in [0, 0.05) is 18.6 Å². The van der Waals surface area contributed by atoms with Gasteiger partial charge in [0.2, 0.25) is 11.1 Å². The number of carboxylic acid groups (broad SMARTS) is 1. The summed E-state index contributed by atoms with van der Waals surface area (Å²) in [4.78, 5) is 37.9. The second-order valence-electron chi connectivity index (χ2n) is 6.35. The maximum atomic E-state index is 12.9. The minimum absolute atomic E-state index is 0.0987. The van der Waals surface area contributed by atoms with Crippen LogP contribution in [-0.4, -0.2) is 101 Å². The molecule has 2 aliphatic rings. The van der Waals surface area contributed by atoms with Crippen LogP contribution in [0.1, 0.15) is 0 Å². The van der Waals surface area contributed by atoms with Gasteiger partial charge in [0.25, 0.3) is 17.4 Å². The van der Waals surface area contributed by atoms with Crippen molar-refractivity contribution in [1.29, 1.82) is 0 Å². The number of ether oxygens (including phenoxy) is 1. The van der Waals surface area contributed by atoms with E-state index in [1.54, 1.807) is 0 Å². The van der Waals surface area contributed by atoms with Crippen molar-refractivity contribution >= 4 is 53.1 Å². The fraction of sp³-hybridized carbons (Fsp3) is 0.600. The van der Waals surface area contributed by atoms with Crippen molar-refractivity contribution < 1.29 is 38.1 Å². The number of alkyl halides is 2. The Balaban J connectivity index is 1.77. The molecule has 0 unspecified atom stereocenters. The lowest BCUT2D eigenvalue weighted by molar-refractivity contribution is -0.192. The number of hydrogen-bond donors (Lipinski definition) is 3. The Kier molecular flexibility index (Phi) is 7.97. The van der Waals surface area contributed by atoms with Crippen LogP contribution in [0.25, 0.3) is 0 Å². The zero-order valence-electron chi connectivity index (χ0n) is 16.4. The quantitative estimate of drug-likeness (QED) is 0.197. The third-order valence-electron chi connectivity index (χ3n) is 4.49. The Morgan fingerprint density at radius 1 is 1.47 bits per heavy atom. The van der Waals surface area contributed by atoms with Gasteiger partial charge in [-0.25, -0.2) is 9.48 Å². The molecule has 1 saturated heterocycles. The van der Waals surface area contributed by atoms with Crippen molar-refractivity contribution in [3.05, 3.63) is 11.3 Å². The van der Waals surface area contributed by atoms with E-state index in [2.05, 4.69) is 20.8 Å². The van der Waals surface area contributed by atoms with Crippen LogP contribution in [0.3, 0.4) is 0 Å². The van der Waals surface area contributed by atoms with E-state index in [4.69, 9.17) is 9.84 Å². The van der Waals surface area contributed by atoms with Gasteiger partial charge in [-0.1, -0.05) is 23.5 Å². The summed E-state index contributed by atoms with van der Waals surface area (Å²) in [7, 11) is 1.17. The molecule has 0 aromatic carbocycles. The van der Waals surface area contributed by atoms with Crippen LogP contribution in [0.15, 0.2) is 16.4 Å². The standard InChI is InChI=1S/C15H18F2N6O6S3/c1-29-15(18-8(25)6-31-13(16)17)11(28)23-9(10(26)27)7(4-30-12(15)23)5-32-14-19-20-21-22(14)2-3-24/h12-13,24H,2-6H2,1H3,(H,18,25)(H,26,27)/t12-,15+/m1/s1. The highest BCUT2D eigenvalue weighted by Gasteiger charge is 2.66. The van der Waals surface area contributed by atoms with E-state index in [9.17, 15) is 28.3 Å². The SMILES string of the molecule is CO[C@@]1(NC(=O)CSC(F)F)C(=O)N2C(C(=O)O)=C(CSc3nnnn3CCO)CS[C@@H]21. The molecule has 3 rings (SSSR count). The zero-order chi connectivity index (χ0) is 23.5. The minimum Gasteiger partial charge on any atom is -0.477 e. The number of aliphatic hydroxyl groups is 1. The van der Waals surface area contributed by atoms with Crippen molar-refractivity contribution in [2.75, 3.05) is 31.0 Å². The van der Waals surface area contributed by atoms with Crippen LogP contribution in [-0.2, 0) is 25.7 Å². The number of fused-ring (bicyclic) bond motifs is 1. The average molecular weight is 513 g/mol. The average Bonchev–Trinajstić information content (AvgIpc) is 3.20. The molecule has 32 heavy (non-hydrogen) atoms. The summed E-state index contributed by atoms with van der Waals surface area (Å²) < 4.78 is 31.3. The molecule has 1 fully saturated rings. The van der Waals surface area contributed by atoms with Crippen LogP contribution in [0, 0.1) is 0 Å². The molecule has 17 heteroatoms. The highest BCUT2D eigenvalue weighted by Crippen LogP contribution is 2.47. The van der Waals surface area contributed by atoms with Crippen LogP contribution in [0.2, 0.25) is 0 Å². The van der Waals surface area contributed by atoms with Gasteiger partial charge in [0.05, 0.1) is 18.9 Å². The number of halogens is 2. The van der Waals surface area contributed by atoms with Crippen molar-refractivity contribution in [2.24, 2.45) is 0 Å². The molecular formula is C15H18F2N6O6S3. The first kappa shape index (κ1) is 24.7. The zero-order valence-corrected chi connectivity index (χ0v) is 18.9. The van der Waals surface area contributed by atoms with Crippen LogP contribution in [0.4, 0.5) is 8.78 Å². The van der Waals surface area contributed by atoms with Gasteiger partial charge >= 0.3 is 5.97 Å². The lowest BCUT2D eigenvalue weighted by atomic mass is 9.98. The summed E-state index contributed by atoms with van der Waals surface area (Å²) in [5.74, 6) is -5.94. The number of aliphatic carboxylic acids is 1. The molecule has 2 amide bonds. The third-order valence-corrected chi connectivity index (χ3v) is 7.58. The molecule has 3 heterocycles. The summed E-state index contributed by atoms with van der Waals surface area (Å²) >= 11 is 2.42. The number of rotatable bonds is 11. The van der Waals surface area contributed by atoms with E-state index in [1.165, 1.54) is 23.6 Å². The Morgan fingerprint density at radius 2 is 2.22 bits per heavy atom. The van der Waals surface area contributed by atoms with Gasteiger partial charge in [-0.2, -0.15) is 8.78 Å². The number of carbonyl (C=O) groups excluding carboxylic acids is 2. The summed E-state index contributed by atoms with van der Waals surface area (Å²) in [5.41, 5.74) is -1.65. The van der Waals surface area contributed by atoms with Crippen molar-refractivity contribution in [3.8, 4) is 0 Å². The van der Waals surface area contributed by atoms with E-state index in [0.29, 0.717) is 10.7 Å². The van der Waals surface area contributed by atoms with Crippen LogP contribution < -0.4 is 5.32 Å². The Labute approximate surface area is 192 Å². The molecule has 3 N–H and O–H groups in total. The molecule has 2 atom stereocenters. The predicted molar refractivity (Wildman–Crippen MR) is 110 cm³/mol. The Hall–Kier alpha value is -1.95. The topological polar surface area (TPSA) is 160 Å². The molecular weight excluding hydrogens is 494 g/mol. The van der Waals surface area contributed by atoms with Gasteiger partial charge < -0.3 is 20.3 Å². The summed E-state index contributed by atoms with van der Waals surface area (Å²) in [6.07, 6.45) is 0. The summed E-state index contributed by atoms with van der Waals surface area (Å²) in [5, 5.41) is 31.7. The highest BCUT2D eigenvalue weighted by molar-refractivity contribution is 8.01. The van der Waals surface area contributed by atoms with Crippen LogP contribution >= 0.6 is 35.3 Å². The number of tetrazole rings is 1. The van der Waals surface area contributed by atoms with E-state index in [-0.39, 0.29) is 42.1 Å². The van der Waals surface area contributed by atoms with E-state index >= 15 is 0 Å². The highest BCUT2D eigenvalue weighted by atomic mass is 32.2. The Morgan fingerprint density at radius 3 is 2.84 bits per heavy atom. The van der Waals surface area contributed by atoms with E-state index in [0.717, 1.165) is 16.7 Å². The van der Waals surface area contributed by atoms with Gasteiger partial charge in [0.15, 0.2) is 0 Å². The predicted octanol–water partition coefficient (Wildman–Crippen LogP) is -0.574. The van der Waals surface area contributed by atoms with Gasteiger partial charge in [-0.15, -0.1) is 16.9 Å². The number of hydrogen-bond acceptors (Lipinski definition) is 11. The largest absolute Gasteiger partial charge is 0.477 e. The number of nitrogens with one attached hydrogen (secondary N) is 1. The first-order chi connectivity index (χ1) is 15.2. The lowest BCUT2D eigenvalue weighted by Gasteiger charge is -2.55. The summed E-state index contributed by atoms with van der Waals surface area (Å²) in [6, 6.07) is 0. The summed E-state index contributed by atoms with van der Waals surface area (Å²) in [6.45, 7) is -0.0103. The molecule has 12 nitrogen and oxygen atoms in total. The second-order valence-corrected chi connectivity index (χ2v) is 9.34. The molecule has 0 aliphatic carbocycles. The smallest absolute Gasteiger partial charge is 0.352 e. The van der Waals surface area contributed by atoms with E-state index < -0.39 is 40.4 Å². The van der Waals surface area contributed by atoms with Crippen molar-refractivity contribution in [3.63, 3.8) is 0 Å². The van der Waals surface area contributed by atoms with Gasteiger partial charge in [-0.05, 0) is 16.0 Å². The molecule has 2 aliphatic heterocycles. The molecule has 0 saturated carbocycles. The maximum Gasteiger partial charge on any atom is 0.352 e. The number of aromatic nitrogens is 4. The monoisotopic (exact) mass is 512 g/mol. The number of aliphatic hydroxyl groups excluding tert-OH is 1. The fourth-order valence-corrected chi connectivity index (χ4v) is 5.95. The number of amides is 2. The number of thioether (sulfide) groups is 3. The number of β-lactam (4-membered cyclic amide) rings is 1. The number of carboxylic acids is 1. The molecule has 1 aromatic rings. The molecule has 0 spiro atoms. The number of nitrogens with zero attached hydrogens (tertiary/aromatic N) is 5. The third kappa shape index (κ3) is 4.70. The van der Waals surface area contributed by atoms with E-state index in [1.807, 2.05) is 0 Å². The lowest BCUT2D eigenvalue weighted by Crippen LogP contribution is -2.80. The molecule has 1 aromatic heterocycles. The van der Waals surface area contributed by atoms with Crippen molar-refractivity contribution in [1.82, 2.24) is 30.4 Å². The Bertz CT molecular complexity index is 933. The minimum atomic E-state index is -2.75. The molecule has 176 valence electrons. The molecule has 0 bridgehead atoms. The second kappa shape index (κ2) is 10.3.